The van der Waals surface area contributed by atoms with Crippen molar-refractivity contribution in [3.8, 4) is 17.1 Å². The molecule has 1 amide bonds. The van der Waals surface area contributed by atoms with Gasteiger partial charge in [-0.1, -0.05) is 66.4 Å². The van der Waals surface area contributed by atoms with E-state index in [-0.39, 0.29) is 5.91 Å². The Morgan fingerprint density at radius 3 is 2.52 bits per heavy atom. The predicted molar refractivity (Wildman–Crippen MR) is 115 cm³/mol. The number of thioether (sulfide) groups is 1. The Morgan fingerprint density at radius 2 is 1.79 bits per heavy atom. The average molecular weight is 404 g/mol. The molecule has 0 aliphatic carbocycles. The van der Waals surface area contributed by atoms with E-state index in [1.807, 2.05) is 73.9 Å². The number of fused-ring (bicyclic) bond motifs is 3. The summed E-state index contributed by atoms with van der Waals surface area (Å²) in [5.41, 5.74) is 3.91. The third-order valence-corrected chi connectivity index (χ3v) is 5.16. The van der Waals surface area contributed by atoms with E-state index >= 15 is 0 Å². The molecular weight excluding hydrogens is 384 g/mol. The van der Waals surface area contributed by atoms with Gasteiger partial charge in [-0.2, -0.15) is 4.98 Å². The molecule has 146 valence electrons. The van der Waals surface area contributed by atoms with E-state index < -0.39 is 6.23 Å². The molecule has 0 radical (unpaired) electrons. The van der Waals surface area contributed by atoms with E-state index in [1.54, 1.807) is 4.90 Å². The molecule has 0 saturated carbocycles. The third kappa shape index (κ3) is 3.73. The predicted octanol–water partition coefficient (Wildman–Crippen LogP) is 4.44. The fourth-order valence-corrected chi connectivity index (χ4v) is 3.62. The standard InChI is InChI=1S/C22H20N4O2S/c1-14(13-16-9-5-4-6-10-16)21-26(15(2)27)18-12-8-7-11-17(18)19-20(28-21)23-22(29-3)25-24-19/h4-13,21H,1-3H3/b14-13+. The van der Waals surface area contributed by atoms with Crippen LogP contribution in [-0.4, -0.2) is 33.6 Å². The molecule has 3 aromatic rings. The lowest BCUT2D eigenvalue weighted by Crippen LogP contribution is -2.43. The van der Waals surface area contributed by atoms with E-state index in [9.17, 15) is 4.79 Å². The van der Waals surface area contributed by atoms with Crippen LogP contribution < -0.4 is 9.64 Å². The van der Waals surface area contributed by atoms with Gasteiger partial charge in [0.2, 0.25) is 23.2 Å². The molecule has 0 spiro atoms. The first-order valence-corrected chi connectivity index (χ1v) is 10.4. The first-order chi connectivity index (χ1) is 14.1. The summed E-state index contributed by atoms with van der Waals surface area (Å²) >= 11 is 1.39. The number of para-hydroxylation sites is 1. The molecule has 29 heavy (non-hydrogen) atoms. The highest BCUT2D eigenvalue weighted by Crippen LogP contribution is 2.40. The Morgan fingerprint density at radius 1 is 1.07 bits per heavy atom. The molecule has 2 aromatic carbocycles. The van der Waals surface area contributed by atoms with E-state index in [4.69, 9.17) is 4.74 Å². The van der Waals surface area contributed by atoms with Crippen molar-refractivity contribution in [3.63, 3.8) is 0 Å². The molecule has 1 aliphatic heterocycles. The number of ether oxygens (including phenoxy) is 1. The molecule has 4 rings (SSSR count). The fourth-order valence-electron chi connectivity index (χ4n) is 3.32. The smallest absolute Gasteiger partial charge is 0.247 e. The number of anilines is 1. The van der Waals surface area contributed by atoms with Crippen molar-refractivity contribution in [1.29, 1.82) is 0 Å². The maximum Gasteiger partial charge on any atom is 0.247 e. The molecular formula is C22H20N4O2S. The molecule has 7 heteroatoms. The van der Waals surface area contributed by atoms with Crippen LogP contribution in [0.3, 0.4) is 0 Å². The molecule has 1 aliphatic rings. The maximum absolute atomic E-state index is 12.7. The van der Waals surface area contributed by atoms with Crippen LogP contribution in [0.2, 0.25) is 0 Å². The Bertz CT molecular complexity index is 1090. The van der Waals surface area contributed by atoms with Crippen molar-refractivity contribution in [2.24, 2.45) is 0 Å². The normalized spacial score (nSPS) is 15.8. The van der Waals surface area contributed by atoms with Gasteiger partial charge < -0.3 is 4.74 Å². The van der Waals surface area contributed by atoms with Crippen molar-refractivity contribution >= 4 is 29.4 Å². The maximum atomic E-state index is 12.7. The van der Waals surface area contributed by atoms with Crippen LogP contribution in [0.1, 0.15) is 19.4 Å². The van der Waals surface area contributed by atoms with Gasteiger partial charge in [0.15, 0.2) is 5.69 Å². The average Bonchev–Trinajstić information content (AvgIpc) is 2.88. The summed E-state index contributed by atoms with van der Waals surface area (Å²) < 4.78 is 6.30. The lowest BCUT2D eigenvalue weighted by Gasteiger charge is -2.30. The number of rotatable bonds is 3. The number of hydrogen-bond donors (Lipinski definition) is 0. The quantitative estimate of drug-likeness (QED) is 0.602. The zero-order valence-corrected chi connectivity index (χ0v) is 17.2. The number of carbonyl (C=O) groups excluding carboxylic acids is 1. The second-order valence-electron chi connectivity index (χ2n) is 6.63. The lowest BCUT2D eigenvalue weighted by molar-refractivity contribution is -0.117. The topological polar surface area (TPSA) is 68.2 Å². The zero-order chi connectivity index (χ0) is 20.4. The summed E-state index contributed by atoms with van der Waals surface area (Å²) in [5, 5.41) is 9.02. The van der Waals surface area contributed by atoms with Gasteiger partial charge in [-0.15, -0.1) is 10.2 Å². The Hall–Kier alpha value is -3.19. The van der Waals surface area contributed by atoms with Gasteiger partial charge in [-0.3, -0.25) is 9.69 Å². The largest absolute Gasteiger partial charge is 0.447 e. The van der Waals surface area contributed by atoms with Gasteiger partial charge in [-0.05, 0) is 30.4 Å². The van der Waals surface area contributed by atoms with Crippen LogP contribution in [0.4, 0.5) is 5.69 Å². The van der Waals surface area contributed by atoms with Crippen LogP contribution in [0.5, 0.6) is 5.88 Å². The summed E-state index contributed by atoms with van der Waals surface area (Å²) in [6.07, 6.45) is 3.24. The number of nitrogens with zero attached hydrogens (tertiary/aromatic N) is 4. The van der Waals surface area contributed by atoms with E-state index in [2.05, 4.69) is 15.2 Å². The fraction of sp³-hybridized carbons (Fsp3) is 0.182. The van der Waals surface area contributed by atoms with Gasteiger partial charge in [0.25, 0.3) is 0 Å². The molecule has 1 atom stereocenters. The van der Waals surface area contributed by atoms with Crippen molar-refractivity contribution in [2.45, 2.75) is 25.2 Å². The number of benzene rings is 2. The van der Waals surface area contributed by atoms with Gasteiger partial charge in [0, 0.05) is 12.5 Å². The highest BCUT2D eigenvalue weighted by atomic mass is 32.2. The number of hydrogen-bond acceptors (Lipinski definition) is 6. The van der Waals surface area contributed by atoms with Crippen LogP contribution in [-0.2, 0) is 4.79 Å². The summed E-state index contributed by atoms with van der Waals surface area (Å²) in [4.78, 5) is 18.9. The van der Waals surface area contributed by atoms with Crippen LogP contribution >= 0.6 is 11.8 Å². The van der Waals surface area contributed by atoms with E-state index in [0.717, 1.165) is 22.4 Å². The lowest BCUT2D eigenvalue weighted by atomic mass is 10.1. The van der Waals surface area contributed by atoms with E-state index in [0.29, 0.717) is 16.7 Å². The second kappa shape index (κ2) is 8.05. The zero-order valence-electron chi connectivity index (χ0n) is 16.4. The summed E-state index contributed by atoms with van der Waals surface area (Å²) in [6, 6.07) is 17.5. The monoisotopic (exact) mass is 404 g/mol. The van der Waals surface area contributed by atoms with Gasteiger partial charge in [0.1, 0.15) is 0 Å². The summed E-state index contributed by atoms with van der Waals surface area (Å²) in [5.74, 6) is 0.237. The molecule has 0 N–H and O–H groups in total. The number of amides is 1. The highest BCUT2D eigenvalue weighted by molar-refractivity contribution is 7.98. The molecule has 0 saturated heterocycles. The first kappa shape index (κ1) is 19.1. The van der Waals surface area contributed by atoms with Gasteiger partial charge in [-0.25, -0.2) is 0 Å². The molecule has 2 heterocycles. The molecule has 1 unspecified atom stereocenters. The van der Waals surface area contributed by atoms with Crippen LogP contribution in [0.15, 0.2) is 65.3 Å². The minimum absolute atomic E-state index is 0.130. The van der Waals surface area contributed by atoms with Crippen molar-refractivity contribution in [1.82, 2.24) is 15.2 Å². The van der Waals surface area contributed by atoms with Crippen molar-refractivity contribution in [2.75, 3.05) is 11.2 Å². The second-order valence-corrected chi connectivity index (χ2v) is 7.40. The molecule has 6 nitrogen and oxygen atoms in total. The Balaban J connectivity index is 1.90. The summed E-state index contributed by atoms with van der Waals surface area (Å²) in [6.45, 7) is 3.48. The Kier molecular flexibility index (Phi) is 5.31. The molecule has 1 aromatic heterocycles. The molecule has 0 bridgehead atoms. The van der Waals surface area contributed by atoms with E-state index in [1.165, 1.54) is 18.7 Å². The van der Waals surface area contributed by atoms with Gasteiger partial charge in [0.05, 0.1) is 5.69 Å². The Labute approximate surface area is 173 Å². The molecule has 0 fully saturated rings. The first-order valence-electron chi connectivity index (χ1n) is 9.16. The van der Waals surface area contributed by atoms with Crippen LogP contribution in [0.25, 0.3) is 17.3 Å². The van der Waals surface area contributed by atoms with Crippen molar-refractivity contribution in [3.05, 3.63) is 65.7 Å². The van der Waals surface area contributed by atoms with Crippen molar-refractivity contribution < 1.29 is 9.53 Å². The SMILES string of the molecule is CSc1nnc2c(n1)OC(/C(C)=C/c1ccccc1)N(C(C)=O)c1ccccc1-2. The number of carbonyl (C=O) groups is 1. The minimum atomic E-state index is -0.651. The van der Waals surface area contributed by atoms with Crippen LogP contribution in [0, 0.1) is 0 Å². The minimum Gasteiger partial charge on any atom is -0.447 e. The highest BCUT2D eigenvalue weighted by Gasteiger charge is 2.34. The third-order valence-electron chi connectivity index (χ3n) is 4.62. The number of aromatic nitrogens is 3. The van der Waals surface area contributed by atoms with Gasteiger partial charge >= 0.3 is 0 Å². The summed E-state index contributed by atoms with van der Waals surface area (Å²) in [7, 11) is 0.